The molecule has 1 aliphatic carbocycles. The van der Waals surface area contributed by atoms with E-state index >= 15 is 0 Å². The normalized spacial score (nSPS) is 20.8. The third kappa shape index (κ3) is 2.90. The number of ketones is 1. The van der Waals surface area contributed by atoms with E-state index < -0.39 is 0 Å². The Balaban J connectivity index is 1.73. The highest BCUT2D eigenvalue weighted by molar-refractivity contribution is 5.83. The molecule has 0 aromatic heterocycles. The van der Waals surface area contributed by atoms with Gasteiger partial charge in [-0.3, -0.25) is 4.79 Å². The molecule has 2 rings (SSSR count). The van der Waals surface area contributed by atoms with Gasteiger partial charge in [0.1, 0.15) is 5.78 Å². The summed E-state index contributed by atoms with van der Waals surface area (Å²) in [6, 6.07) is 10.3. The summed E-state index contributed by atoms with van der Waals surface area (Å²) in [5, 5.41) is 3.35. The topological polar surface area (TPSA) is 29.1 Å². The molecule has 2 heteroatoms. The summed E-state index contributed by atoms with van der Waals surface area (Å²) in [7, 11) is 0. The first-order chi connectivity index (χ1) is 7.36. The van der Waals surface area contributed by atoms with Crippen molar-refractivity contribution in [2.45, 2.75) is 25.8 Å². The second-order valence-electron chi connectivity index (χ2n) is 4.17. The fraction of sp³-hybridized carbons (Fsp3) is 0.462. The van der Waals surface area contributed by atoms with Crippen LogP contribution in [0.4, 0.5) is 0 Å². The first-order valence-corrected chi connectivity index (χ1v) is 5.63. The fourth-order valence-electron chi connectivity index (χ4n) is 2.09. The smallest absolute Gasteiger partial charge is 0.137 e. The Morgan fingerprint density at radius 1 is 1.27 bits per heavy atom. The average Bonchev–Trinajstić information content (AvgIpc) is 2.66. The first kappa shape index (κ1) is 10.4. The van der Waals surface area contributed by atoms with E-state index in [4.69, 9.17) is 0 Å². The molecule has 2 nitrogen and oxygen atoms in total. The Morgan fingerprint density at radius 3 is 2.73 bits per heavy atom. The van der Waals surface area contributed by atoms with Crippen LogP contribution in [0.3, 0.4) is 0 Å². The van der Waals surface area contributed by atoms with Crippen molar-refractivity contribution in [2.75, 3.05) is 6.54 Å². The van der Waals surface area contributed by atoms with Crippen molar-refractivity contribution in [2.24, 2.45) is 5.92 Å². The summed E-state index contributed by atoms with van der Waals surface area (Å²) in [5.74, 6) is 0.712. The first-order valence-electron chi connectivity index (χ1n) is 5.63. The second kappa shape index (κ2) is 5.08. The quantitative estimate of drug-likeness (QED) is 0.812. The molecule has 0 radical (unpaired) electrons. The van der Waals surface area contributed by atoms with Crippen LogP contribution in [0, 0.1) is 5.92 Å². The minimum absolute atomic E-state index is 0.272. The van der Waals surface area contributed by atoms with Crippen LogP contribution in [-0.2, 0) is 11.3 Å². The summed E-state index contributed by atoms with van der Waals surface area (Å²) in [5.41, 5.74) is 1.28. The van der Waals surface area contributed by atoms with Gasteiger partial charge in [0.2, 0.25) is 0 Å². The van der Waals surface area contributed by atoms with E-state index in [1.165, 1.54) is 5.56 Å². The Kier molecular flexibility index (Phi) is 3.51. The average molecular weight is 203 g/mol. The van der Waals surface area contributed by atoms with Gasteiger partial charge in [-0.15, -0.1) is 0 Å². The van der Waals surface area contributed by atoms with E-state index in [-0.39, 0.29) is 5.92 Å². The summed E-state index contributed by atoms with van der Waals surface area (Å²) in [6.45, 7) is 1.71. The van der Waals surface area contributed by atoms with Gasteiger partial charge in [-0.05, 0) is 18.4 Å². The van der Waals surface area contributed by atoms with Crippen molar-refractivity contribution in [1.29, 1.82) is 0 Å². The lowest BCUT2D eigenvalue weighted by Crippen LogP contribution is -2.24. The van der Waals surface area contributed by atoms with Crippen LogP contribution in [0.25, 0.3) is 0 Å². The van der Waals surface area contributed by atoms with Crippen molar-refractivity contribution >= 4 is 5.78 Å². The molecule has 1 aromatic carbocycles. The zero-order valence-corrected chi connectivity index (χ0v) is 8.91. The van der Waals surface area contributed by atoms with Crippen molar-refractivity contribution in [1.82, 2.24) is 5.32 Å². The van der Waals surface area contributed by atoms with Crippen molar-refractivity contribution < 1.29 is 4.79 Å². The predicted molar refractivity (Wildman–Crippen MR) is 60.5 cm³/mol. The van der Waals surface area contributed by atoms with Gasteiger partial charge in [0, 0.05) is 25.4 Å². The molecule has 1 aliphatic rings. The van der Waals surface area contributed by atoms with Crippen molar-refractivity contribution in [3.63, 3.8) is 0 Å². The van der Waals surface area contributed by atoms with Crippen LogP contribution in [0.2, 0.25) is 0 Å². The van der Waals surface area contributed by atoms with Crippen LogP contribution in [0.1, 0.15) is 24.8 Å². The minimum atomic E-state index is 0.272. The van der Waals surface area contributed by atoms with Gasteiger partial charge < -0.3 is 5.32 Å². The standard InChI is InChI=1S/C13H17NO/c15-13-8-4-7-12(13)10-14-9-11-5-2-1-3-6-11/h1-3,5-6,12,14H,4,7-10H2/t12-/m1/s1. The van der Waals surface area contributed by atoms with E-state index in [9.17, 15) is 4.79 Å². The van der Waals surface area contributed by atoms with Crippen LogP contribution in [-0.4, -0.2) is 12.3 Å². The number of hydrogen-bond acceptors (Lipinski definition) is 2. The number of carbonyl (C=O) groups excluding carboxylic acids is 1. The van der Waals surface area contributed by atoms with Gasteiger partial charge in [-0.25, -0.2) is 0 Å². The van der Waals surface area contributed by atoms with E-state index in [0.29, 0.717) is 5.78 Å². The molecule has 15 heavy (non-hydrogen) atoms. The lowest BCUT2D eigenvalue weighted by Gasteiger charge is -2.09. The van der Waals surface area contributed by atoms with Gasteiger partial charge in [-0.2, -0.15) is 0 Å². The van der Waals surface area contributed by atoms with Gasteiger partial charge in [0.15, 0.2) is 0 Å². The molecule has 0 bridgehead atoms. The molecule has 1 atom stereocenters. The number of hydrogen-bond donors (Lipinski definition) is 1. The summed E-state index contributed by atoms with van der Waals surface area (Å²) >= 11 is 0. The van der Waals surface area contributed by atoms with Crippen molar-refractivity contribution in [3.05, 3.63) is 35.9 Å². The van der Waals surface area contributed by atoms with E-state index in [1.807, 2.05) is 18.2 Å². The summed E-state index contributed by atoms with van der Waals surface area (Å²) in [4.78, 5) is 11.4. The maximum atomic E-state index is 11.4. The minimum Gasteiger partial charge on any atom is -0.312 e. The van der Waals surface area contributed by atoms with Crippen LogP contribution >= 0.6 is 0 Å². The number of nitrogens with one attached hydrogen (secondary N) is 1. The summed E-state index contributed by atoms with van der Waals surface area (Å²) in [6.07, 6.45) is 2.94. The molecule has 1 N–H and O–H groups in total. The Labute approximate surface area is 90.7 Å². The van der Waals surface area contributed by atoms with Gasteiger partial charge in [-0.1, -0.05) is 30.3 Å². The molecule has 0 amide bonds. The van der Waals surface area contributed by atoms with E-state index in [1.54, 1.807) is 0 Å². The molecule has 0 saturated heterocycles. The van der Waals surface area contributed by atoms with Crippen LogP contribution in [0.5, 0.6) is 0 Å². The molecular formula is C13H17NO. The maximum Gasteiger partial charge on any atom is 0.137 e. The van der Waals surface area contributed by atoms with Crippen LogP contribution < -0.4 is 5.32 Å². The number of carbonyl (C=O) groups is 1. The number of benzene rings is 1. The van der Waals surface area contributed by atoms with Crippen LogP contribution in [0.15, 0.2) is 30.3 Å². The monoisotopic (exact) mass is 203 g/mol. The summed E-state index contributed by atoms with van der Waals surface area (Å²) < 4.78 is 0. The Bertz CT molecular complexity index is 321. The zero-order valence-electron chi connectivity index (χ0n) is 8.91. The zero-order chi connectivity index (χ0) is 10.5. The maximum absolute atomic E-state index is 11.4. The molecule has 0 unspecified atom stereocenters. The molecule has 1 saturated carbocycles. The van der Waals surface area contributed by atoms with Gasteiger partial charge in [0.05, 0.1) is 0 Å². The predicted octanol–water partition coefficient (Wildman–Crippen LogP) is 2.15. The third-order valence-corrected chi connectivity index (χ3v) is 2.99. The lowest BCUT2D eigenvalue weighted by atomic mass is 10.1. The Morgan fingerprint density at radius 2 is 2.07 bits per heavy atom. The SMILES string of the molecule is O=C1CCC[C@@H]1CNCc1ccccc1. The highest BCUT2D eigenvalue weighted by Gasteiger charge is 2.23. The third-order valence-electron chi connectivity index (χ3n) is 2.99. The van der Waals surface area contributed by atoms with Gasteiger partial charge in [0.25, 0.3) is 0 Å². The lowest BCUT2D eigenvalue weighted by molar-refractivity contribution is -0.120. The van der Waals surface area contributed by atoms with Gasteiger partial charge >= 0.3 is 0 Å². The molecule has 80 valence electrons. The number of rotatable bonds is 4. The molecule has 1 fully saturated rings. The Hall–Kier alpha value is -1.15. The molecule has 0 aliphatic heterocycles. The molecular weight excluding hydrogens is 186 g/mol. The molecule has 0 heterocycles. The largest absolute Gasteiger partial charge is 0.312 e. The second-order valence-corrected chi connectivity index (χ2v) is 4.17. The number of Topliss-reactive ketones (excluding diaryl/α,β-unsaturated/α-hetero) is 1. The highest BCUT2D eigenvalue weighted by Crippen LogP contribution is 2.20. The van der Waals surface area contributed by atoms with E-state index in [0.717, 1.165) is 32.4 Å². The van der Waals surface area contributed by atoms with E-state index in [2.05, 4.69) is 17.4 Å². The highest BCUT2D eigenvalue weighted by atomic mass is 16.1. The van der Waals surface area contributed by atoms with Crippen molar-refractivity contribution in [3.8, 4) is 0 Å². The molecule has 1 aromatic rings. The molecule has 0 spiro atoms. The fourth-order valence-corrected chi connectivity index (χ4v) is 2.09.